The van der Waals surface area contributed by atoms with Crippen molar-refractivity contribution in [2.24, 2.45) is 5.11 Å². The van der Waals surface area contributed by atoms with Crippen LogP contribution in [0.3, 0.4) is 0 Å². The van der Waals surface area contributed by atoms with Gasteiger partial charge in [0.15, 0.2) is 12.4 Å². The molecule has 0 saturated carbocycles. The minimum Gasteiger partial charge on any atom is -0.438 e. The fourth-order valence-electron chi connectivity index (χ4n) is 2.14. The summed E-state index contributed by atoms with van der Waals surface area (Å²) < 4.78 is 20.6. The Morgan fingerprint density at radius 2 is 2.20 bits per heavy atom. The molecule has 1 rings (SSSR count). The van der Waals surface area contributed by atoms with Gasteiger partial charge >= 0.3 is 6.16 Å². The number of nitrogens with zero attached hydrogens (tertiary/aromatic N) is 4. The number of ether oxygens (including phenoxy) is 4. The molecule has 114 valence electrons. The van der Waals surface area contributed by atoms with Crippen LogP contribution in [0.25, 0.3) is 10.4 Å². The average Bonchev–Trinajstić information content (AvgIpc) is 2.45. The van der Waals surface area contributed by atoms with Gasteiger partial charge in [-0.2, -0.15) is 0 Å². The van der Waals surface area contributed by atoms with Crippen LogP contribution in [-0.2, 0) is 18.9 Å². The number of rotatable bonds is 5. The minimum absolute atomic E-state index is 0.133. The van der Waals surface area contributed by atoms with Crippen LogP contribution in [0.1, 0.15) is 6.42 Å². The Balaban J connectivity index is 2.84. The van der Waals surface area contributed by atoms with Crippen molar-refractivity contribution in [1.82, 2.24) is 4.90 Å². The summed E-state index contributed by atoms with van der Waals surface area (Å²) >= 11 is 0. The first kappa shape index (κ1) is 16.5. The van der Waals surface area contributed by atoms with E-state index in [1.165, 1.54) is 14.2 Å². The monoisotopic (exact) mass is 288 g/mol. The SMILES string of the molecule is COC(=O)OC1C(OC)OC(CN=[N+]=[N-])CC1N(C)C. The molecule has 4 unspecified atom stereocenters. The Morgan fingerprint density at radius 1 is 1.50 bits per heavy atom. The molecule has 1 saturated heterocycles. The molecule has 4 atom stereocenters. The first-order valence-corrected chi connectivity index (χ1v) is 6.13. The number of hydrogen-bond donors (Lipinski definition) is 0. The van der Waals surface area contributed by atoms with Crippen molar-refractivity contribution in [3.63, 3.8) is 0 Å². The zero-order valence-corrected chi connectivity index (χ0v) is 12.1. The third-order valence-corrected chi connectivity index (χ3v) is 3.12. The lowest BCUT2D eigenvalue weighted by Crippen LogP contribution is -2.56. The van der Waals surface area contributed by atoms with Gasteiger partial charge in [-0.3, -0.25) is 0 Å². The van der Waals surface area contributed by atoms with E-state index in [4.69, 9.17) is 19.7 Å². The highest BCUT2D eigenvalue weighted by Crippen LogP contribution is 2.26. The van der Waals surface area contributed by atoms with Crippen LogP contribution in [0.4, 0.5) is 4.79 Å². The smallest absolute Gasteiger partial charge is 0.438 e. The van der Waals surface area contributed by atoms with Crippen molar-refractivity contribution in [1.29, 1.82) is 0 Å². The van der Waals surface area contributed by atoms with E-state index in [-0.39, 0.29) is 18.7 Å². The summed E-state index contributed by atoms with van der Waals surface area (Å²) in [6.45, 7) is 0.200. The van der Waals surface area contributed by atoms with E-state index in [9.17, 15) is 4.79 Å². The third kappa shape index (κ3) is 4.24. The molecule has 0 bridgehead atoms. The predicted octanol–water partition coefficient (Wildman–Crippen LogP) is 1.14. The van der Waals surface area contributed by atoms with Gasteiger partial charge in [0.1, 0.15) is 0 Å². The topological polar surface area (TPSA) is 106 Å². The van der Waals surface area contributed by atoms with E-state index < -0.39 is 18.5 Å². The van der Waals surface area contributed by atoms with Crippen molar-refractivity contribution in [3.05, 3.63) is 10.4 Å². The van der Waals surface area contributed by atoms with Crippen LogP contribution in [-0.4, -0.2) is 70.5 Å². The van der Waals surface area contributed by atoms with Gasteiger partial charge in [-0.15, -0.1) is 0 Å². The fraction of sp³-hybridized carbons (Fsp3) is 0.909. The second kappa shape index (κ2) is 7.91. The highest BCUT2D eigenvalue weighted by atomic mass is 16.8. The molecule has 0 aromatic heterocycles. The van der Waals surface area contributed by atoms with E-state index in [0.29, 0.717) is 6.42 Å². The van der Waals surface area contributed by atoms with Gasteiger partial charge in [0.2, 0.25) is 0 Å². The van der Waals surface area contributed by atoms with E-state index in [1.807, 2.05) is 19.0 Å². The van der Waals surface area contributed by atoms with Gasteiger partial charge in [-0.1, -0.05) is 5.11 Å². The molecule has 1 aliphatic heterocycles. The maximum atomic E-state index is 11.3. The molecular formula is C11H20N4O5. The molecule has 1 aliphatic rings. The normalized spacial score (nSPS) is 29.6. The van der Waals surface area contributed by atoms with Crippen molar-refractivity contribution >= 4 is 6.16 Å². The lowest BCUT2D eigenvalue weighted by atomic mass is 9.98. The second-order valence-electron chi connectivity index (χ2n) is 4.58. The molecule has 1 fully saturated rings. The summed E-state index contributed by atoms with van der Waals surface area (Å²) in [6, 6.07) is -0.133. The Morgan fingerprint density at radius 3 is 2.70 bits per heavy atom. The zero-order chi connectivity index (χ0) is 15.1. The van der Waals surface area contributed by atoms with Crippen molar-refractivity contribution in [2.45, 2.75) is 31.0 Å². The Bertz CT molecular complexity index is 372. The Hall–Kier alpha value is -1.54. The lowest BCUT2D eigenvalue weighted by Gasteiger charge is -2.42. The van der Waals surface area contributed by atoms with Crippen molar-refractivity contribution in [2.75, 3.05) is 34.9 Å². The van der Waals surface area contributed by atoms with Crippen LogP contribution in [0.15, 0.2) is 5.11 Å². The first-order chi connectivity index (χ1) is 9.53. The van der Waals surface area contributed by atoms with Gasteiger partial charge in [0, 0.05) is 12.0 Å². The average molecular weight is 288 g/mol. The first-order valence-electron chi connectivity index (χ1n) is 6.13. The van der Waals surface area contributed by atoms with Crippen molar-refractivity contribution < 1.29 is 23.7 Å². The Labute approximate surface area is 117 Å². The van der Waals surface area contributed by atoms with Gasteiger partial charge in [0.05, 0.1) is 25.8 Å². The number of hydrogen-bond acceptors (Lipinski definition) is 7. The number of carbonyl (C=O) groups is 1. The van der Waals surface area contributed by atoms with Gasteiger partial charge in [-0.25, -0.2) is 4.79 Å². The van der Waals surface area contributed by atoms with Gasteiger partial charge in [0.25, 0.3) is 0 Å². The number of methoxy groups -OCH3 is 2. The summed E-state index contributed by atoms with van der Waals surface area (Å²) in [7, 11) is 6.42. The summed E-state index contributed by atoms with van der Waals surface area (Å²) in [6.07, 6.45) is -1.89. The molecule has 0 aromatic rings. The summed E-state index contributed by atoms with van der Waals surface area (Å²) in [5.41, 5.74) is 8.37. The summed E-state index contributed by atoms with van der Waals surface area (Å²) in [5.74, 6) is 0. The molecule has 0 N–H and O–H groups in total. The molecule has 0 spiro atoms. The molecule has 9 nitrogen and oxygen atoms in total. The van der Waals surface area contributed by atoms with E-state index in [2.05, 4.69) is 14.8 Å². The second-order valence-corrected chi connectivity index (χ2v) is 4.58. The summed E-state index contributed by atoms with van der Waals surface area (Å²) in [4.78, 5) is 15.9. The van der Waals surface area contributed by atoms with Crippen LogP contribution in [0.5, 0.6) is 0 Å². The van der Waals surface area contributed by atoms with Crippen LogP contribution >= 0.6 is 0 Å². The quantitative estimate of drug-likeness (QED) is 0.325. The van der Waals surface area contributed by atoms with Gasteiger partial charge in [-0.05, 0) is 26.0 Å². The van der Waals surface area contributed by atoms with E-state index in [1.54, 1.807) is 0 Å². The Kier molecular flexibility index (Phi) is 6.53. The lowest BCUT2D eigenvalue weighted by molar-refractivity contribution is -0.246. The number of azide groups is 1. The highest BCUT2D eigenvalue weighted by molar-refractivity contribution is 5.60. The molecule has 9 heteroatoms. The third-order valence-electron chi connectivity index (χ3n) is 3.12. The fourth-order valence-corrected chi connectivity index (χ4v) is 2.14. The van der Waals surface area contributed by atoms with E-state index >= 15 is 0 Å². The maximum Gasteiger partial charge on any atom is 0.508 e. The van der Waals surface area contributed by atoms with Crippen molar-refractivity contribution in [3.8, 4) is 0 Å². The molecule has 1 heterocycles. The summed E-state index contributed by atoms with van der Waals surface area (Å²) in [5, 5.41) is 3.51. The maximum absolute atomic E-state index is 11.3. The van der Waals surface area contributed by atoms with Gasteiger partial charge < -0.3 is 23.8 Å². The predicted molar refractivity (Wildman–Crippen MR) is 69.1 cm³/mol. The molecule has 0 amide bonds. The number of likely N-dealkylation sites (N-methyl/N-ethyl adjacent to an activating group) is 1. The molecule has 0 aromatic carbocycles. The standard InChI is InChI=1S/C11H20N4O5/c1-15(2)8-5-7(6-13-14-12)19-10(17-3)9(8)20-11(16)18-4/h7-10H,5-6H2,1-4H3. The highest BCUT2D eigenvalue weighted by Gasteiger charge is 2.42. The van der Waals surface area contributed by atoms with Crippen LogP contribution in [0, 0.1) is 0 Å². The molecule has 0 aliphatic carbocycles. The largest absolute Gasteiger partial charge is 0.508 e. The number of carbonyl (C=O) groups excluding carboxylic acids is 1. The van der Waals surface area contributed by atoms with Crippen LogP contribution in [0.2, 0.25) is 0 Å². The minimum atomic E-state index is -0.791. The molecular weight excluding hydrogens is 268 g/mol. The molecule has 20 heavy (non-hydrogen) atoms. The van der Waals surface area contributed by atoms with Crippen LogP contribution < -0.4 is 0 Å². The molecule has 0 radical (unpaired) electrons. The van der Waals surface area contributed by atoms with E-state index in [0.717, 1.165) is 0 Å². The zero-order valence-electron chi connectivity index (χ0n) is 12.1.